The number of aryl methyl sites for hydroxylation is 2. The summed E-state index contributed by atoms with van der Waals surface area (Å²) in [6, 6.07) is 14.0. The molecule has 2 aromatic carbocycles. The molecule has 5 nitrogen and oxygen atoms in total. The van der Waals surface area contributed by atoms with Crippen molar-refractivity contribution in [3.05, 3.63) is 70.0 Å². The van der Waals surface area contributed by atoms with Gasteiger partial charge >= 0.3 is 0 Å². The molecule has 0 saturated heterocycles. The minimum absolute atomic E-state index is 0.0978. The van der Waals surface area contributed by atoms with Crippen molar-refractivity contribution in [2.45, 2.75) is 69.8 Å². The van der Waals surface area contributed by atoms with Crippen LogP contribution in [-0.4, -0.2) is 20.7 Å². The van der Waals surface area contributed by atoms with E-state index in [9.17, 15) is 4.79 Å². The molecule has 0 radical (unpaired) electrons. The first-order chi connectivity index (χ1) is 15.9. The van der Waals surface area contributed by atoms with Crippen LogP contribution in [0.2, 0.25) is 5.02 Å². The van der Waals surface area contributed by atoms with Gasteiger partial charge in [0.25, 0.3) is 0 Å². The van der Waals surface area contributed by atoms with Gasteiger partial charge in [-0.1, -0.05) is 78.5 Å². The molecule has 0 spiro atoms. The summed E-state index contributed by atoms with van der Waals surface area (Å²) in [7, 11) is 0. The number of halogens is 1. The molecule has 0 aliphatic heterocycles. The molecule has 1 aliphatic rings. The average Bonchev–Trinajstić information content (AvgIpc) is 3.24. The normalized spacial score (nSPS) is 15.4. The second-order valence-corrected chi connectivity index (χ2v) is 10.3. The van der Waals surface area contributed by atoms with Crippen molar-refractivity contribution in [3.8, 4) is 5.69 Å². The van der Waals surface area contributed by atoms with Crippen LogP contribution in [0.1, 0.15) is 67.6 Å². The Morgan fingerprint density at radius 3 is 2.70 bits per heavy atom. The molecule has 1 aromatic heterocycles. The molecule has 174 valence electrons. The van der Waals surface area contributed by atoms with Crippen LogP contribution >= 0.6 is 23.4 Å². The minimum atomic E-state index is -0.265. The van der Waals surface area contributed by atoms with Crippen molar-refractivity contribution in [1.29, 1.82) is 0 Å². The predicted molar refractivity (Wildman–Crippen MR) is 135 cm³/mol. The summed E-state index contributed by atoms with van der Waals surface area (Å²) in [4.78, 5) is 12.9. The van der Waals surface area contributed by atoms with Crippen molar-refractivity contribution in [2.75, 3.05) is 0 Å². The van der Waals surface area contributed by atoms with E-state index in [2.05, 4.69) is 53.6 Å². The van der Waals surface area contributed by atoms with Crippen LogP contribution in [0.5, 0.6) is 0 Å². The zero-order valence-electron chi connectivity index (χ0n) is 19.5. The molecule has 4 rings (SSSR count). The monoisotopic (exact) mass is 482 g/mol. The summed E-state index contributed by atoms with van der Waals surface area (Å²) >= 11 is 8.00. The van der Waals surface area contributed by atoms with Gasteiger partial charge in [0.2, 0.25) is 5.91 Å². The van der Waals surface area contributed by atoms with E-state index in [1.807, 2.05) is 29.7 Å². The van der Waals surface area contributed by atoms with Crippen LogP contribution in [0.25, 0.3) is 5.69 Å². The maximum Gasteiger partial charge on any atom is 0.223 e. The van der Waals surface area contributed by atoms with Crippen LogP contribution in [0.4, 0.5) is 0 Å². The first-order valence-corrected chi connectivity index (χ1v) is 13.0. The lowest BCUT2D eigenvalue weighted by Crippen LogP contribution is -2.34. The molecule has 1 atom stereocenters. The molecule has 1 fully saturated rings. The van der Waals surface area contributed by atoms with Gasteiger partial charge in [-0.2, -0.15) is 0 Å². The van der Waals surface area contributed by atoms with Gasteiger partial charge in [-0.05, 0) is 56.9 Å². The number of nitrogens with one attached hydrogen (secondary N) is 1. The molecular weight excluding hydrogens is 452 g/mol. The third kappa shape index (κ3) is 5.79. The highest BCUT2D eigenvalue weighted by molar-refractivity contribution is 7.98. The number of carbonyl (C=O) groups is 1. The SMILES string of the molecule is Cc1cccc(CSc2nnc(C(C)NC(=O)C3CCCCC3)n2-c2cc(Cl)ccc2C)c1. The number of carbonyl (C=O) groups excluding carboxylic acids is 1. The van der Waals surface area contributed by atoms with Crippen LogP contribution in [0, 0.1) is 19.8 Å². The van der Waals surface area contributed by atoms with E-state index < -0.39 is 0 Å². The van der Waals surface area contributed by atoms with Crippen LogP contribution in [0.3, 0.4) is 0 Å². The van der Waals surface area contributed by atoms with E-state index in [-0.39, 0.29) is 17.9 Å². The number of amides is 1. The highest BCUT2D eigenvalue weighted by Gasteiger charge is 2.26. The fraction of sp³-hybridized carbons (Fsp3) is 0.423. The van der Waals surface area contributed by atoms with E-state index in [1.54, 1.807) is 11.8 Å². The Labute approximate surface area is 205 Å². The number of hydrogen-bond acceptors (Lipinski definition) is 4. The topological polar surface area (TPSA) is 59.8 Å². The Balaban J connectivity index is 1.63. The molecule has 1 N–H and O–H groups in total. The van der Waals surface area contributed by atoms with Crippen LogP contribution < -0.4 is 5.32 Å². The Hall–Kier alpha value is -2.31. The number of nitrogens with zero attached hydrogens (tertiary/aromatic N) is 3. The Morgan fingerprint density at radius 1 is 1.15 bits per heavy atom. The van der Waals surface area contributed by atoms with Crippen molar-refractivity contribution >= 4 is 29.3 Å². The van der Waals surface area contributed by atoms with Gasteiger partial charge in [0, 0.05) is 16.7 Å². The molecule has 7 heteroatoms. The number of hydrogen-bond donors (Lipinski definition) is 1. The number of benzene rings is 2. The average molecular weight is 483 g/mol. The van der Waals surface area contributed by atoms with Crippen LogP contribution in [0.15, 0.2) is 47.6 Å². The largest absolute Gasteiger partial charge is 0.346 e. The lowest BCUT2D eigenvalue weighted by molar-refractivity contribution is -0.126. The maximum absolute atomic E-state index is 12.9. The van der Waals surface area contributed by atoms with Gasteiger partial charge in [0.05, 0.1) is 11.7 Å². The second kappa shape index (κ2) is 10.7. The zero-order chi connectivity index (χ0) is 23.4. The maximum atomic E-state index is 12.9. The quantitative estimate of drug-likeness (QED) is 0.386. The number of thioether (sulfide) groups is 1. The second-order valence-electron chi connectivity index (χ2n) is 8.95. The van der Waals surface area contributed by atoms with E-state index in [4.69, 9.17) is 11.6 Å². The molecule has 1 amide bonds. The van der Waals surface area contributed by atoms with E-state index in [1.165, 1.54) is 17.5 Å². The first-order valence-electron chi connectivity index (χ1n) is 11.6. The predicted octanol–water partition coefficient (Wildman–Crippen LogP) is 6.59. The van der Waals surface area contributed by atoms with Gasteiger partial charge in [-0.25, -0.2) is 0 Å². The van der Waals surface area contributed by atoms with Gasteiger partial charge < -0.3 is 5.32 Å². The lowest BCUT2D eigenvalue weighted by Gasteiger charge is -2.23. The molecule has 0 bridgehead atoms. The molecule has 3 aromatic rings. The van der Waals surface area contributed by atoms with Crippen molar-refractivity contribution < 1.29 is 4.79 Å². The molecule has 1 aliphatic carbocycles. The van der Waals surface area contributed by atoms with Gasteiger partial charge in [-0.3, -0.25) is 9.36 Å². The summed E-state index contributed by atoms with van der Waals surface area (Å²) in [5.74, 6) is 1.72. The highest BCUT2D eigenvalue weighted by atomic mass is 35.5. The Kier molecular flexibility index (Phi) is 7.76. The molecule has 33 heavy (non-hydrogen) atoms. The third-order valence-corrected chi connectivity index (χ3v) is 7.48. The van der Waals surface area contributed by atoms with Gasteiger partial charge in [0.1, 0.15) is 0 Å². The van der Waals surface area contributed by atoms with Crippen molar-refractivity contribution in [1.82, 2.24) is 20.1 Å². The fourth-order valence-corrected chi connectivity index (χ4v) is 5.48. The third-order valence-electron chi connectivity index (χ3n) is 6.24. The molecular formula is C26H31ClN4OS. The zero-order valence-corrected chi connectivity index (χ0v) is 21.0. The number of aromatic nitrogens is 3. The summed E-state index contributed by atoms with van der Waals surface area (Å²) in [5, 5.41) is 13.7. The lowest BCUT2D eigenvalue weighted by atomic mass is 9.88. The molecule has 1 heterocycles. The minimum Gasteiger partial charge on any atom is -0.346 e. The van der Waals surface area contributed by atoms with Crippen molar-refractivity contribution in [2.24, 2.45) is 5.92 Å². The van der Waals surface area contributed by atoms with Gasteiger partial charge in [0.15, 0.2) is 11.0 Å². The summed E-state index contributed by atoms with van der Waals surface area (Å²) in [6.07, 6.45) is 5.42. The summed E-state index contributed by atoms with van der Waals surface area (Å²) < 4.78 is 2.05. The number of rotatable bonds is 7. The Morgan fingerprint density at radius 2 is 1.94 bits per heavy atom. The smallest absolute Gasteiger partial charge is 0.223 e. The van der Waals surface area contributed by atoms with E-state index >= 15 is 0 Å². The van der Waals surface area contributed by atoms with Crippen molar-refractivity contribution in [3.63, 3.8) is 0 Å². The van der Waals surface area contributed by atoms with E-state index in [0.717, 1.165) is 53.7 Å². The summed E-state index contributed by atoms with van der Waals surface area (Å²) in [6.45, 7) is 6.13. The van der Waals surface area contributed by atoms with E-state index in [0.29, 0.717) is 5.02 Å². The first kappa shape index (κ1) is 23.8. The standard InChI is InChI=1S/C26H31ClN4OS/c1-17-8-7-9-20(14-17)16-33-26-30-29-24(31(26)23-15-22(27)13-12-18(23)2)19(3)28-25(32)21-10-5-4-6-11-21/h7-9,12-15,19,21H,4-6,10-11,16H2,1-3H3,(H,28,32). The fourth-order valence-electron chi connectivity index (χ4n) is 4.42. The summed E-state index contributed by atoms with van der Waals surface area (Å²) in [5.41, 5.74) is 4.48. The highest BCUT2D eigenvalue weighted by Crippen LogP contribution is 2.31. The van der Waals surface area contributed by atoms with Gasteiger partial charge in [-0.15, -0.1) is 10.2 Å². The Bertz CT molecular complexity index is 1120. The molecule has 1 unspecified atom stereocenters. The van der Waals surface area contributed by atoms with Crippen LogP contribution in [-0.2, 0) is 10.5 Å². The molecule has 1 saturated carbocycles.